The van der Waals surface area contributed by atoms with Crippen LogP contribution in [0, 0.1) is 29.1 Å². The lowest BCUT2D eigenvalue weighted by molar-refractivity contribution is -0.149. The van der Waals surface area contributed by atoms with Crippen molar-refractivity contribution in [3.05, 3.63) is 35.5 Å². The van der Waals surface area contributed by atoms with Crippen LogP contribution in [0.2, 0.25) is 0 Å². The number of fused-ring (bicyclic) bond motifs is 1. The smallest absolute Gasteiger partial charge is 0.306 e. The standard InChI is InChI=1S/C31H50O2/c1-7-10-30(32)33-27-17-14-23(4)26(21-27)16-15-25-13-9-20-31(6)28(18-19-29(25)31)24(5)12-8-11-22(2)3/h15-16,22,24,27-29H,4,7-14,17-21H2,1-3,5-6H3/b25-15+,26-16-/t24-,27-,28-,29?,31-/m1/s1. The highest BCUT2D eigenvalue weighted by molar-refractivity contribution is 5.69. The van der Waals surface area contributed by atoms with Crippen molar-refractivity contribution >= 4 is 5.97 Å². The molecule has 0 N–H and O–H groups in total. The first-order valence-corrected chi connectivity index (χ1v) is 14.0. The van der Waals surface area contributed by atoms with Gasteiger partial charge in [0.05, 0.1) is 0 Å². The number of hydrogen-bond donors (Lipinski definition) is 0. The Balaban J connectivity index is 1.67. The monoisotopic (exact) mass is 454 g/mol. The van der Waals surface area contributed by atoms with Crippen molar-refractivity contribution in [3.8, 4) is 0 Å². The summed E-state index contributed by atoms with van der Waals surface area (Å²) in [5.41, 5.74) is 4.68. The molecule has 0 aromatic heterocycles. The molecule has 3 aliphatic rings. The minimum Gasteiger partial charge on any atom is -0.462 e. The lowest BCUT2D eigenvalue weighted by atomic mass is 9.60. The van der Waals surface area contributed by atoms with Crippen molar-refractivity contribution in [2.24, 2.45) is 29.1 Å². The van der Waals surface area contributed by atoms with Gasteiger partial charge < -0.3 is 4.74 Å². The molecule has 5 atom stereocenters. The second-order valence-corrected chi connectivity index (χ2v) is 12.0. The van der Waals surface area contributed by atoms with Crippen LogP contribution in [0.3, 0.4) is 0 Å². The van der Waals surface area contributed by atoms with Gasteiger partial charge in [0.15, 0.2) is 0 Å². The van der Waals surface area contributed by atoms with Crippen LogP contribution in [0.15, 0.2) is 35.5 Å². The van der Waals surface area contributed by atoms with E-state index in [4.69, 9.17) is 4.74 Å². The first-order valence-electron chi connectivity index (χ1n) is 14.0. The summed E-state index contributed by atoms with van der Waals surface area (Å²) in [6.45, 7) is 16.2. The zero-order valence-corrected chi connectivity index (χ0v) is 22.3. The summed E-state index contributed by atoms with van der Waals surface area (Å²) in [5, 5.41) is 0. The van der Waals surface area contributed by atoms with Crippen molar-refractivity contribution in [1.29, 1.82) is 0 Å². The number of carbonyl (C=O) groups excluding carboxylic acids is 1. The van der Waals surface area contributed by atoms with E-state index in [0.717, 1.165) is 49.4 Å². The Bertz CT molecular complexity index is 742. The van der Waals surface area contributed by atoms with E-state index in [0.29, 0.717) is 11.8 Å². The fourth-order valence-electron chi connectivity index (χ4n) is 7.19. The zero-order chi connectivity index (χ0) is 24.0. The Morgan fingerprint density at radius 1 is 1.15 bits per heavy atom. The van der Waals surface area contributed by atoms with E-state index in [1.807, 2.05) is 6.92 Å². The van der Waals surface area contributed by atoms with Gasteiger partial charge in [-0.05, 0) is 86.0 Å². The van der Waals surface area contributed by atoms with Gasteiger partial charge in [-0.3, -0.25) is 4.79 Å². The molecule has 3 rings (SSSR count). The van der Waals surface area contributed by atoms with Crippen LogP contribution in [0.5, 0.6) is 0 Å². The number of allylic oxidation sites excluding steroid dienone is 4. The molecule has 0 spiro atoms. The third-order valence-corrected chi connectivity index (χ3v) is 9.09. The largest absolute Gasteiger partial charge is 0.462 e. The van der Waals surface area contributed by atoms with Gasteiger partial charge in [0.2, 0.25) is 0 Å². The maximum absolute atomic E-state index is 12.0. The number of ether oxygens (including phenoxy) is 1. The lowest BCUT2D eigenvalue weighted by Gasteiger charge is -2.44. The van der Waals surface area contributed by atoms with E-state index in [1.165, 1.54) is 62.5 Å². The minimum atomic E-state index is -0.0460. The maximum atomic E-state index is 12.0. The summed E-state index contributed by atoms with van der Waals surface area (Å²) in [7, 11) is 0. The number of esters is 1. The SMILES string of the molecule is C=C1CC[C@@H](OC(=O)CCC)C/C1=C/C=C1\CCC[C@@]2(C)C1CC[C@@H]2[C@H](C)CCCC(C)C. The predicted molar refractivity (Wildman–Crippen MR) is 140 cm³/mol. The molecule has 3 aliphatic carbocycles. The Labute approximate surface area is 204 Å². The zero-order valence-electron chi connectivity index (χ0n) is 22.3. The molecule has 0 heterocycles. The van der Waals surface area contributed by atoms with Gasteiger partial charge in [0, 0.05) is 12.8 Å². The molecular weight excluding hydrogens is 404 g/mol. The molecule has 0 saturated heterocycles. The molecule has 0 aromatic carbocycles. The third kappa shape index (κ3) is 6.64. The van der Waals surface area contributed by atoms with Gasteiger partial charge in [-0.1, -0.05) is 83.8 Å². The topological polar surface area (TPSA) is 26.3 Å². The Morgan fingerprint density at radius 3 is 2.67 bits per heavy atom. The van der Waals surface area contributed by atoms with E-state index >= 15 is 0 Å². The summed E-state index contributed by atoms with van der Waals surface area (Å²) in [4.78, 5) is 12.0. The highest BCUT2D eigenvalue weighted by atomic mass is 16.5. The van der Waals surface area contributed by atoms with Gasteiger partial charge >= 0.3 is 5.97 Å². The highest BCUT2D eigenvalue weighted by Gasteiger charge is 2.50. The van der Waals surface area contributed by atoms with Crippen molar-refractivity contribution in [2.45, 2.75) is 124 Å². The predicted octanol–water partition coefficient (Wildman–Crippen LogP) is 8.97. The van der Waals surface area contributed by atoms with E-state index < -0.39 is 0 Å². The van der Waals surface area contributed by atoms with Crippen molar-refractivity contribution in [2.75, 3.05) is 0 Å². The molecule has 0 bridgehead atoms. The molecular formula is C31H50O2. The van der Waals surface area contributed by atoms with Crippen molar-refractivity contribution in [1.82, 2.24) is 0 Å². The van der Waals surface area contributed by atoms with Crippen LogP contribution in [0.25, 0.3) is 0 Å². The molecule has 0 amide bonds. The van der Waals surface area contributed by atoms with Crippen LogP contribution in [-0.2, 0) is 9.53 Å². The van der Waals surface area contributed by atoms with Crippen LogP contribution in [0.4, 0.5) is 0 Å². The normalized spacial score (nSPS) is 33.5. The fraction of sp³-hybridized carbons (Fsp3) is 0.774. The van der Waals surface area contributed by atoms with Gasteiger partial charge in [0.25, 0.3) is 0 Å². The van der Waals surface area contributed by atoms with Gasteiger partial charge in [0.1, 0.15) is 6.10 Å². The Hall–Kier alpha value is -1.31. The second-order valence-electron chi connectivity index (χ2n) is 12.0. The number of carbonyl (C=O) groups is 1. The van der Waals surface area contributed by atoms with E-state index in [1.54, 1.807) is 5.57 Å². The average Bonchev–Trinajstić information content (AvgIpc) is 3.11. The fourth-order valence-corrected chi connectivity index (χ4v) is 7.19. The quantitative estimate of drug-likeness (QED) is 0.325. The van der Waals surface area contributed by atoms with Crippen molar-refractivity contribution < 1.29 is 9.53 Å². The van der Waals surface area contributed by atoms with E-state index in [9.17, 15) is 4.79 Å². The number of rotatable bonds is 9. The van der Waals surface area contributed by atoms with Gasteiger partial charge in [-0.25, -0.2) is 0 Å². The lowest BCUT2D eigenvalue weighted by Crippen LogP contribution is -2.36. The van der Waals surface area contributed by atoms with E-state index in [2.05, 4.69) is 46.4 Å². The van der Waals surface area contributed by atoms with Crippen LogP contribution in [-0.4, -0.2) is 12.1 Å². The van der Waals surface area contributed by atoms with Crippen LogP contribution in [0.1, 0.15) is 118 Å². The average molecular weight is 455 g/mol. The Morgan fingerprint density at radius 2 is 1.94 bits per heavy atom. The van der Waals surface area contributed by atoms with E-state index in [-0.39, 0.29) is 12.1 Å². The molecule has 0 aromatic rings. The van der Waals surface area contributed by atoms with Gasteiger partial charge in [-0.15, -0.1) is 0 Å². The van der Waals surface area contributed by atoms with Gasteiger partial charge in [-0.2, -0.15) is 0 Å². The summed E-state index contributed by atoms with van der Waals surface area (Å²) < 4.78 is 5.73. The Kier molecular flexibility index (Phi) is 9.48. The molecule has 0 aliphatic heterocycles. The molecule has 33 heavy (non-hydrogen) atoms. The first kappa shape index (κ1) is 26.3. The number of hydrogen-bond acceptors (Lipinski definition) is 2. The summed E-state index contributed by atoms with van der Waals surface area (Å²) >= 11 is 0. The molecule has 186 valence electrons. The molecule has 1 unspecified atom stereocenters. The molecule has 2 nitrogen and oxygen atoms in total. The van der Waals surface area contributed by atoms with Crippen LogP contribution < -0.4 is 0 Å². The minimum absolute atomic E-state index is 0.0263. The first-order chi connectivity index (χ1) is 15.7. The maximum Gasteiger partial charge on any atom is 0.306 e. The van der Waals surface area contributed by atoms with Crippen molar-refractivity contribution in [3.63, 3.8) is 0 Å². The highest BCUT2D eigenvalue weighted by Crippen LogP contribution is 2.60. The second kappa shape index (κ2) is 11.9. The summed E-state index contributed by atoms with van der Waals surface area (Å²) in [6.07, 6.45) is 19.8. The molecule has 3 saturated carbocycles. The molecule has 0 radical (unpaired) electrons. The molecule has 2 heteroatoms. The summed E-state index contributed by atoms with van der Waals surface area (Å²) in [5.74, 6) is 3.24. The van der Waals surface area contributed by atoms with Crippen LogP contribution >= 0.6 is 0 Å². The summed E-state index contributed by atoms with van der Waals surface area (Å²) in [6, 6.07) is 0. The third-order valence-electron chi connectivity index (χ3n) is 9.09. The molecule has 3 fully saturated rings.